The maximum absolute atomic E-state index is 12.2. The SMILES string of the molecule is CC(C)c1cc(CNC(=O)[C@@H]2CCc3ccccc3O2)on1. The molecule has 1 atom stereocenters. The number of para-hydroxylation sites is 1. The van der Waals surface area contributed by atoms with Gasteiger partial charge < -0.3 is 14.6 Å². The van der Waals surface area contributed by atoms with E-state index in [1.165, 1.54) is 0 Å². The summed E-state index contributed by atoms with van der Waals surface area (Å²) in [4.78, 5) is 12.2. The van der Waals surface area contributed by atoms with Crippen LogP contribution in [0.15, 0.2) is 34.9 Å². The minimum atomic E-state index is -0.442. The summed E-state index contributed by atoms with van der Waals surface area (Å²) < 4.78 is 11.0. The molecule has 0 bridgehead atoms. The van der Waals surface area contributed by atoms with Gasteiger partial charge in [-0.1, -0.05) is 37.2 Å². The van der Waals surface area contributed by atoms with Gasteiger partial charge in [0.15, 0.2) is 11.9 Å². The van der Waals surface area contributed by atoms with E-state index in [-0.39, 0.29) is 5.91 Å². The topological polar surface area (TPSA) is 64.4 Å². The van der Waals surface area contributed by atoms with Gasteiger partial charge in [-0.25, -0.2) is 0 Å². The number of aryl methyl sites for hydroxylation is 1. The molecule has 0 aliphatic carbocycles. The van der Waals surface area contributed by atoms with Crippen LogP contribution in [0.1, 0.15) is 43.2 Å². The first-order chi connectivity index (χ1) is 10.6. The zero-order valence-electron chi connectivity index (χ0n) is 12.8. The molecule has 1 N–H and O–H groups in total. The molecule has 1 amide bonds. The van der Waals surface area contributed by atoms with Gasteiger partial charge >= 0.3 is 0 Å². The first-order valence-corrected chi connectivity index (χ1v) is 7.61. The smallest absolute Gasteiger partial charge is 0.261 e. The Kier molecular flexibility index (Phi) is 4.13. The summed E-state index contributed by atoms with van der Waals surface area (Å²) >= 11 is 0. The molecule has 116 valence electrons. The minimum Gasteiger partial charge on any atom is -0.480 e. The molecule has 5 heteroatoms. The summed E-state index contributed by atoms with van der Waals surface area (Å²) in [6.07, 6.45) is 1.10. The van der Waals surface area contributed by atoms with E-state index in [4.69, 9.17) is 9.26 Å². The van der Waals surface area contributed by atoms with Crippen molar-refractivity contribution in [1.82, 2.24) is 10.5 Å². The summed E-state index contributed by atoms with van der Waals surface area (Å²) in [5, 5.41) is 6.83. The normalized spacial score (nSPS) is 17.0. The molecule has 2 heterocycles. The van der Waals surface area contributed by atoms with Crippen molar-refractivity contribution in [3.05, 3.63) is 47.3 Å². The van der Waals surface area contributed by atoms with Gasteiger partial charge in [-0.15, -0.1) is 0 Å². The second kappa shape index (κ2) is 6.22. The lowest BCUT2D eigenvalue weighted by Crippen LogP contribution is -2.40. The maximum atomic E-state index is 12.2. The summed E-state index contributed by atoms with van der Waals surface area (Å²) in [6, 6.07) is 9.72. The third-order valence-corrected chi connectivity index (χ3v) is 3.82. The number of benzene rings is 1. The lowest BCUT2D eigenvalue weighted by Gasteiger charge is -2.24. The highest BCUT2D eigenvalue weighted by molar-refractivity contribution is 5.81. The quantitative estimate of drug-likeness (QED) is 0.943. The molecular formula is C17H20N2O3. The van der Waals surface area contributed by atoms with Crippen molar-refractivity contribution in [1.29, 1.82) is 0 Å². The van der Waals surface area contributed by atoms with Crippen LogP contribution in [0.4, 0.5) is 0 Å². The van der Waals surface area contributed by atoms with Crippen molar-refractivity contribution in [3.63, 3.8) is 0 Å². The predicted molar refractivity (Wildman–Crippen MR) is 81.6 cm³/mol. The van der Waals surface area contributed by atoms with Gasteiger partial charge in [0.25, 0.3) is 5.91 Å². The van der Waals surface area contributed by atoms with Crippen LogP contribution < -0.4 is 10.1 Å². The zero-order valence-corrected chi connectivity index (χ0v) is 12.8. The second-order valence-electron chi connectivity index (χ2n) is 5.84. The number of rotatable bonds is 4. The van der Waals surface area contributed by atoms with E-state index in [9.17, 15) is 4.79 Å². The van der Waals surface area contributed by atoms with E-state index >= 15 is 0 Å². The number of carbonyl (C=O) groups excluding carboxylic acids is 1. The number of carbonyl (C=O) groups is 1. The Balaban J connectivity index is 1.56. The molecule has 1 aromatic carbocycles. The molecule has 3 rings (SSSR count). The Morgan fingerprint density at radius 2 is 2.23 bits per heavy atom. The van der Waals surface area contributed by atoms with Crippen LogP contribution in [0.5, 0.6) is 5.75 Å². The lowest BCUT2D eigenvalue weighted by molar-refractivity contribution is -0.128. The van der Waals surface area contributed by atoms with Crippen LogP contribution in [-0.2, 0) is 17.8 Å². The second-order valence-corrected chi connectivity index (χ2v) is 5.84. The number of ether oxygens (including phenoxy) is 1. The molecule has 0 spiro atoms. The van der Waals surface area contributed by atoms with Gasteiger partial charge in [0.05, 0.1) is 12.2 Å². The van der Waals surface area contributed by atoms with E-state index in [0.717, 1.165) is 23.4 Å². The fourth-order valence-electron chi connectivity index (χ4n) is 2.48. The average Bonchev–Trinajstić information content (AvgIpc) is 3.01. The Bertz CT molecular complexity index is 663. The Morgan fingerprint density at radius 3 is 3.00 bits per heavy atom. The first kappa shape index (κ1) is 14.6. The number of amides is 1. The predicted octanol–water partition coefficient (Wildman–Crippen LogP) is 2.81. The Labute approximate surface area is 129 Å². The third kappa shape index (κ3) is 3.13. The summed E-state index contributed by atoms with van der Waals surface area (Å²) in [5.41, 5.74) is 2.05. The van der Waals surface area contributed by atoms with Crippen LogP contribution >= 0.6 is 0 Å². The zero-order chi connectivity index (χ0) is 15.5. The molecule has 22 heavy (non-hydrogen) atoms. The summed E-state index contributed by atoms with van der Waals surface area (Å²) in [7, 11) is 0. The Hall–Kier alpha value is -2.30. The van der Waals surface area contributed by atoms with Crippen LogP contribution in [0.2, 0.25) is 0 Å². The van der Waals surface area contributed by atoms with Crippen molar-refractivity contribution >= 4 is 5.91 Å². The van der Waals surface area contributed by atoms with E-state index in [2.05, 4.69) is 10.5 Å². The van der Waals surface area contributed by atoms with Crippen molar-refractivity contribution in [2.45, 2.75) is 45.3 Å². The number of hydrogen-bond acceptors (Lipinski definition) is 4. The monoisotopic (exact) mass is 300 g/mol. The standard InChI is InChI=1S/C17H20N2O3/c1-11(2)14-9-13(22-19-14)10-18-17(20)16-8-7-12-5-3-4-6-15(12)21-16/h3-6,9,11,16H,7-8,10H2,1-2H3,(H,18,20)/t16-/m0/s1. The van der Waals surface area contributed by atoms with E-state index in [0.29, 0.717) is 24.6 Å². The van der Waals surface area contributed by atoms with Crippen molar-refractivity contribution in [3.8, 4) is 5.75 Å². The maximum Gasteiger partial charge on any atom is 0.261 e. The lowest BCUT2D eigenvalue weighted by atomic mass is 10.0. The van der Waals surface area contributed by atoms with Crippen LogP contribution in [-0.4, -0.2) is 17.2 Å². The van der Waals surface area contributed by atoms with Gasteiger partial charge in [0, 0.05) is 6.07 Å². The molecule has 2 aromatic rings. The first-order valence-electron chi connectivity index (χ1n) is 7.61. The molecule has 0 fully saturated rings. The van der Waals surface area contributed by atoms with Gasteiger partial charge in [-0.3, -0.25) is 4.79 Å². The Morgan fingerprint density at radius 1 is 1.41 bits per heavy atom. The molecule has 1 aliphatic rings. The van der Waals surface area contributed by atoms with Crippen LogP contribution in [0, 0.1) is 0 Å². The fourth-order valence-corrected chi connectivity index (χ4v) is 2.48. The van der Waals surface area contributed by atoms with Crippen LogP contribution in [0.3, 0.4) is 0 Å². The molecule has 0 unspecified atom stereocenters. The van der Waals surface area contributed by atoms with Gasteiger partial charge in [0.2, 0.25) is 0 Å². The van der Waals surface area contributed by atoms with E-state index in [1.54, 1.807) is 0 Å². The highest BCUT2D eigenvalue weighted by Crippen LogP contribution is 2.27. The molecule has 0 radical (unpaired) electrons. The summed E-state index contributed by atoms with van der Waals surface area (Å²) in [6.45, 7) is 4.43. The molecule has 1 aromatic heterocycles. The average molecular weight is 300 g/mol. The number of nitrogens with one attached hydrogen (secondary N) is 1. The molecule has 0 saturated heterocycles. The highest BCUT2D eigenvalue weighted by Gasteiger charge is 2.25. The number of fused-ring (bicyclic) bond motifs is 1. The third-order valence-electron chi connectivity index (χ3n) is 3.82. The number of hydrogen-bond donors (Lipinski definition) is 1. The fraction of sp³-hybridized carbons (Fsp3) is 0.412. The van der Waals surface area contributed by atoms with Crippen molar-refractivity contribution < 1.29 is 14.1 Å². The van der Waals surface area contributed by atoms with Gasteiger partial charge in [-0.05, 0) is 30.4 Å². The van der Waals surface area contributed by atoms with E-state index < -0.39 is 6.10 Å². The van der Waals surface area contributed by atoms with Gasteiger partial charge in [0.1, 0.15) is 5.75 Å². The number of nitrogens with zero attached hydrogens (tertiary/aromatic N) is 1. The van der Waals surface area contributed by atoms with Gasteiger partial charge in [-0.2, -0.15) is 0 Å². The molecule has 5 nitrogen and oxygen atoms in total. The van der Waals surface area contributed by atoms with E-state index in [1.807, 2.05) is 44.2 Å². The van der Waals surface area contributed by atoms with Crippen molar-refractivity contribution in [2.24, 2.45) is 0 Å². The summed E-state index contributed by atoms with van der Waals surface area (Å²) in [5.74, 6) is 1.66. The highest BCUT2D eigenvalue weighted by atomic mass is 16.5. The molecule has 1 aliphatic heterocycles. The van der Waals surface area contributed by atoms with Crippen molar-refractivity contribution in [2.75, 3.05) is 0 Å². The minimum absolute atomic E-state index is 0.114. The molecular weight excluding hydrogens is 280 g/mol. The molecule has 0 saturated carbocycles. The largest absolute Gasteiger partial charge is 0.480 e. The van der Waals surface area contributed by atoms with Crippen LogP contribution in [0.25, 0.3) is 0 Å². The number of aromatic nitrogens is 1.